The molecule has 1 saturated carbocycles. The lowest BCUT2D eigenvalue weighted by molar-refractivity contribution is 0.0229. The van der Waals surface area contributed by atoms with E-state index in [1.165, 1.54) is 5.57 Å². The van der Waals surface area contributed by atoms with Crippen LogP contribution in [0.2, 0.25) is 0 Å². The molecule has 1 aliphatic carbocycles. The number of aliphatic hydroxyl groups excluding tert-OH is 1. The molecule has 0 amide bonds. The Morgan fingerprint density at radius 2 is 2.15 bits per heavy atom. The van der Waals surface area contributed by atoms with Crippen molar-refractivity contribution in [1.29, 1.82) is 0 Å². The van der Waals surface area contributed by atoms with Gasteiger partial charge in [-0.15, -0.1) is 0 Å². The number of aliphatic hydroxyl groups is 1. The van der Waals surface area contributed by atoms with E-state index in [9.17, 15) is 5.11 Å². The average Bonchev–Trinajstić information content (AvgIpc) is 2.03. The SMILES string of the molecule is C=C(C)[C@@H]1CC[C@@H](O)C[C@@]1(C)CC. The van der Waals surface area contributed by atoms with Crippen molar-refractivity contribution < 1.29 is 5.11 Å². The Labute approximate surface area is 81.9 Å². The summed E-state index contributed by atoms with van der Waals surface area (Å²) in [6, 6.07) is 0. The summed E-state index contributed by atoms with van der Waals surface area (Å²) in [5, 5.41) is 9.65. The minimum absolute atomic E-state index is 0.0828. The second-order valence-corrected chi connectivity index (χ2v) is 4.84. The molecule has 0 saturated heterocycles. The van der Waals surface area contributed by atoms with Crippen LogP contribution in [-0.4, -0.2) is 11.2 Å². The highest BCUT2D eigenvalue weighted by atomic mass is 16.3. The summed E-state index contributed by atoms with van der Waals surface area (Å²) in [5.41, 5.74) is 1.57. The minimum atomic E-state index is -0.0828. The predicted octanol–water partition coefficient (Wildman–Crippen LogP) is 3.14. The molecule has 1 N–H and O–H groups in total. The Morgan fingerprint density at radius 1 is 1.54 bits per heavy atom. The van der Waals surface area contributed by atoms with Gasteiger partial charge in [-0.25, -0.2) is 0 Å². The summed E-state index contributed by atoms with van der Waals surface area (Å²) < 4.78 is 0. The van der Waals surface area contributed by atoms with Crippen molar-refractivity contribution >= 4 is 0 Å². The number of rotatable bonds is 2. The van der Waals surface area contributed by atoms with Crippen molar-refractivity contribution in [3.05, 3.63) is 12.2 Å². The van der Waals surface area contributed by atoms with Crippen molar-refractivity contribution in [1.82, 2.24) is 0 Å². The lowest BCUT2D eigenvalue weighted by atomic mass is 9.63. The topological polar surface area (TPSA) is 20.2 Å². The van der Waals surface area contributed by atoms with Crippen molar-refractivity contribution in [3.8, 4) is 0 Å². The summed E-state index contributed by atoms with van der Waals surface area (Å²) >= 11 is 0. The molecule has 0 heterocycles. The van der Waals surface area contributed by atoms with Gasteiger partial charge in [0.2, 0.25) is 0 Å². The molecule has 0 spiro atoms. The van der Waals surface area contributed by atoms with Crippen LogP contribution in [0.1, 0.15) is 46.5 Å². The lowest BCUT2D eigenvalue weighted by Gasteiger charge is -2.43. The van der Waals surface area contributed by atoms with E-state index in [1.807, 2.05) is 0 Å². The zero-order chi connectivity index (χ0) is 10.1. The molecule has 1 rings (SSSR count). The zero-order valence-electron chi connectivity index (χ0n) is 9.14. The van der Waals surface area contributed by atoms with E-state index in [4.69, 9.17) is 0 Å². The van der Waals surface area contributed by atoms with Crippen molar-refractivity contribution in [2.75, 3.05) is 0 Å². The van der Waals surface area contributed by atoms with Gasteiger partial charge in [0.25, 0.3) is 0 Å². The van der Waals surface area contributed by atoms with Gasteiger partial charge in [0.05, 0.1) is 6.10 Å². The van der Waals surface area contributed by atoms with Gasteiger partial charge in [-0.05, 0) is 37.5 Å². The van der Waals surface area contributed by atoms with Crippen molar-refractivity contribution in [2.45, 2.75) is 52.6 Å². The van der Waals surface area contributed by atoms with Crippen LogP contribution in [0.4, 0.5) is 0 Å². The Morgan fingerprint density at radius 3 is 2.62 bits per heavy atom. The van der Waals surface area contributed by atoms with Gasteiger partial charge >= 0.3 is 0 Å². The minimum Gasteiger partial charge on any atom is -0.393 e. The van der Waals surface area contributed by atoms with Gasteiger partial charge in [0, 0.05) is 0 Å². The van der Waals surface area contributed by atoms with Gasteiger partial charge in [-0.2, -0.15) is 0 Å². The smallest absolute Gasteiger partial charge is 0.0545 e. The molecule has 0 unspecified atom stereocenters. The van der Waals surface area contributed by atoms with E-state index in [0.29, 0.717) is 5.92 Å². The zero-order valence-corrected chi connectivity index (χ0v) is 9.14. The van der Waals surface area contributed by atoms with E-state index in [0.717, 1.165) is 25.7 Å². The first-order valence-electron chi connectivity index (χ1n) is 5.33. The molecule has 1 fully saturated rings. The van der Waals surface area contributed by atoms with E-state index in [-0.39, 0.29) is 11.5 Å². The quantitative estimate of drug-likeness (QED) is 0.650. The van der Waals surface area contributed by atoms with Gasteiger partial charge in [0.15, 0.2) is 0 Å². The molecule has 1 aliphatic rings. The number of allylic oxidation sites excluding steroid dienone is 1. The first-order chi connectivity index (χ1) is 5.99. The first-order valence-corrected chi connectivity index (χ1v) is 5.33. The van der Waals surface area contributed by atoms with Crippen LogP contribution in [0.5, 0.6) is 0 Å². The molecule has 0 aromatic carbocycles. The molecule has 0 aromatic heterocycles. The predicted molar refractivity (Wildman–Crippen MR) is 56.6 cm³/mol. The maximum atomic E-state index is 9.65. The molecular formula is C12H22O. The summed E-state index contributed by atoms with van der Waals surface area (Å²) in [6.45, 7) is 10.7. The average molecular weight is 182 g/mol. The summed E-state index contributed by atoms with van der Waals surface area (Å²) in [6.07, 6.45) is 4.07. The van der Waals surface area contributed by atoms with E-state index in [2.05, 4.69) is 27.4 Å². The number of hydrogen-bond acceptors (Lipinski definition) is 1. The fourth-order valence-corrected chi connectivity index (χ4v) is 2.72. The molecule has 3 atom stereocenters. The van der Waals surface area contributed by atoms with E-state index in [1.54, 1.807) is 0 Å². The molecule has 0 aliphatic heterocycles. The highest BCUT2D eigenvalue weighted by Crippen LogP contribution is 2.46. The summed E-state index contributed by atoms with van der Waals surface area (Å²) in [7, 11) is 0. The van der Waals surface area contributed by atoms with Crippen LogP contribution < -0.4 is 0 Å². The molecule has 0 radical (unpaired) electrons. The van der Waals surface area contributed by atoms with Gasteiger partial charge in [-0.1, -0.05) is 32.4 Å². The lowest BCUT2D eigenvalue weighted by Crippen LogP contribution is -2.36. The maximum absolute atomic E-state index is 9.65. The molecule has 13 heavy (non-hydrogen) atoms. The third-order valence-corrected chi connectivity index (χ3v) is 3.73. The third kappa shape index (κ3) is 2.14. The summed E-state index contributed by atoms with van der Waals surface area (Å²) in [5.74, 6) is 0.612. The fourth-order valence-electron chi connectivity index (χ4n) is 2.72. The Balaban J connectivity index is 2.78. The standard InChI is InChI=1S/C12H22O/c1-5-12(4)8-10(13)6-7-11(12)9(2)3/h10-11,13H,2,5-8H2,1,3-4H3/t10-,11+,12-/m1/s1. The first kappa shape index (κ1) is 10.8. The maximum Gasteiger partial charge on any atom is 0.0545 e. The molecule has 0 bridgehead atoms. The van der Waals surface area contributed by atoms with Crippen LogP contribution in [0.25, 0.3) is 0 Å². The summed E-state index contributed by atoms with van der Waals surface area (Å²) in [4.78, 5) is 0. The largest absolute Gasteiger partial charge is 0.393 e. The molecular weight excluding hydrogens is 160 g/mol. The third-order valence-electron chi connectivity index (χ3n) is 3.73. The molecule has 76 valence electrons. The highest BCUT2D eigenvalue weighted by Gasteiger charge is 2.38. The molecule has 1 heteroatoms. The fraction of sp³-hybridized carbons (Fsp3) is 0.833. The molecule has 1 nitrogen and oxygen atoms in total. The Bertz CT molecular complexity index is 197. The number of hydrogen-bond donors (Lipinski definition) is 1. The van der Waals surface area contributed by atoms with Crippen LogP contribution >= 0.6 is 0 Å². The van der Waals surface area contributed by atoms with Gasteiger partial charge < -0.3 is 5.11 Å². The Hall–Kier alpha value is -0.300. The van der Waals surface area contributed by atoms with Crippen molar-refractivity contribution in [2.24, 2.45) is 11.3 Å². The van der Waals surface area contributed by atoms with Crippen LogP contribution in [0.15, 0.2) is 12.2 Å². The second-order valence-electron chi connectivity index (χ2n) is 4.84. The normalized spacial score (nSPS) is 40.3. The van der Waals surface area contributed by atoms with Crippen LogP contribution in [0, 0.1) is 11.3 Å². The van der Waals surface area contributed by atoms with Crippen LogP contribution in [0.3, 0.4) is 0 Å². The Kier molecular flexibility index (Phi) is 3.18. The highest BCUT2D eigenvalue weighted by molar-refractivity contribution is 5.06. The van der Waals surface area contributed by atoms with E-state index >= 15 is 0 Å². The van der Waals surface area contributed by atoms with E-state index < -0.39 is 0 Å². The van der Waals surface area contributed by atoms with Crippen molar-refractivity contribution in [3.63, 3.8) is 0 Å². The van der Waals surface area contributed by atoms with Crippen LogP contribution in [-0.2, 0) is 0 Å². The molecule has 0 aromatic rings. The van der Waals surface area contributed by atoms with Gasteiger partial charge in [-0.3, -0.25) is 0 Å². The second kappa shape index (κ2) is 3.83. The monoisotopic (exact) mass is 182 g/mol. The van der Waals surface area contributed by atoms with Gasteiger partial charge in [0.1, 0.15) is 0 Å².